The highest BCUT2D eigenvalue weighted by Gasteiger charge is 2.17. The van der Waals surface area contributed by atoms with E-state index in [1.54, 1.807) is 24.3 Å². The molecule has 24 heavy (non-hydrogen) atoms. The largest absolute Gasteiger partial charge is 0.508 e. The molecule has 0 spiro atoms. The molecule has 1 amide bonds. The van der Waals surface area contributed by atoms with Gasteiger partial charge in [-0.25, -0.2) is 8.42 Å². The van der Waals surface area contributed by atoms with Crippen molar-refractivity contribution < 1.29 is 23.1 Å². The van der Waals surface area contributed by atoms with Crippen LogP contribution >= 0.6 is 0 Å². The number of para-hydroxylation sites is 1. The summed E-state index contributed by atoms with van der Waals surface area (Å²) in [6, 6.07) is 11.1. The van der Waals surface area contributed by atoms with Crippen LogP contribution in [0.2, 0.25) is 0 Å². The summed E-state index contributed by atoms with van der Waals surface area (Å²) in [6.07, 6.45) is 1.53. The predicted molar refractivity (Wildman–Crippen MR) is 90.2 cm³/mol. The first-order chi connectivity index (χ1) is 11.3. The lowest BCUT2D eigenvalue weighted by Gasteiger charge is -2.10. The molecule has 0 radical (unpaired) electrons. The average molecular weight is 349 g/mol. The van der Waals surface area contributed by atoms with Gasteiger partial charge < -0.3 is 15.2 Å². The fourth-order valence-corrected chi connectivity index (χ4v) is 3.10. The van der Waals surface area contributed by atoms with Crippen LogP contribution in [0.3, 0.4) is 0 Å². The van der Waals surface area contributed by atoms with Gasteiger partial charge in [-0.05, 0) is 36.2 Å². The van der Waals surface area contributed by atoms with Gasteiger partial charge in [0.2, 0.25) is 0 Å². The summed E-state index contributed by atoms with van der Waals surface area (Å²) in [7, 11) is -2.14. The highest BCUT2D eigenvalue weighted by molar-refractivity contribution is 7.90. The van der Waals surface area contributed by atoms with Crippen molar-refractivity contribution in [2.24, 2.45) is 0 Å². The number of amides is 1. The van der Waals surface area contributed by atoms with Crippen molar-refractivity contribution in [1.82, 2.24) is 5.32 Å². The Morgan fingerprint density at radius 2 is 1.92 bits per heavy atom. The van der Waals surface area contributed by atoms with Crippen LogP contribution in [0, 0.1) is 0 Å². The fraction of sp³-hybridized carbons (Fsp3) is 0.235. The summed E-state index contributed by atoms with van der Waals surface area (Å²) in [6.45, 7) is 0.316. The topological polar surface area (TPSA) is 92.7 Å². The normalized spacial score (nSPS) is 11.1. The number of nitrogens with one attached hydrogen (secondary N) is 1. The van der Waals surface area contributed by atoms with Gasteiger partial charge in [0.1, 0.15) is 16.4 Å². The summed E-state index contributed by atoms with van der Waals surface area (Å²) in [4.78, 5) is 12.2. The van der Waals surface area contributed by atoms with Gasteiger partial charge in [-0.2, -0.15) is 0 Å². The number of benzene rings is 2. The Hall–Kier alpha value is -2.54. The molecule has 0 fully saturated rings. The van der Waals surface area contributed by atoms with Crippen LogP contribution in [-0.4, -0.2) is 39.3 Å². The molecule has 0 saturated carbocycles. The molecule has 0 bridgehead atoms. The van der Waals surface area contributed by atoms with Crippen molar-refractivity contribution in [2.75, 3.05) is 19.9 Å². The molecule has 2 rings (SSSR count). The smallest absolute Gasteiger partial charge is 0.251 e. The van der Waals surface area contributed by atoms with Crippen molar-refractivity contribution in [3.05, 3.63) is 53.6 Å². The van der Waals surface area contributed by atoms with E-state index in [1.165, 1.54) is 25.3 Å². The molecule has 0 aliphatic rings. The lowest BCUT2D eigenvalue weighted by Crippen LogP contribution is -2.26. The van der Waals surface area contributed by atoms with Crippen LogP contribution in [0.15, 0.2) is 47.4 Å². The van der Waals surface area contributed by atoms with Crippen molar-refractivity contribution >= 4 is 15.7 Å². The number of phenols is 1. The average Bonchev–Trinajstić information content (AvgIpc) is 2.55. The van der Waals surface area contributed by atoms with Crippen LogP contribution in [0.4, 0.5) is 0 Å². The Bertz CT molecular complexity index is 846. The summed E-state index contributed by atoms with van der Waals surface area (Å²) in [5.74, 6) is -0.0169. The molecular weight excluding hydrogens is 330 g/mol. The van der Waals surface area contributed by atoms with E-state index < -0.39 is 15.7 Å². The van der Waals surface area contributed by atoms with Crippen LogP contribution in [0.5, 0.6) is 11.5 Å². The van der Waals surface area contributed by atoms with Crippen molar-refractivity contribution in [1.29, 1.82) is 0 Å². The number of sulfone groups is 1. The molecule has 0 saturated heterocycles. The van der Waals surface area contributed by atoms with E-state index >= 15 is 0 Å². The summed E-state index contributed by atoms with van der Waals surface area (Å²) in [5, 5.41) is 12.4. The Morgan fingerprint density at radius 1 is 1.21 bits per heavy atom. The van der Waals surface area contributed by atoms with E-state index in [2.05, 4.69) is 5.32 Å². The third-order valence-corrected chi connectivity index (χ3v) is 4.61. The van der Waals surface area contributed by atoms with Crippen LogP contribution in [0.25, 0.3) is 0 Å². The zero-order valence-electron chi connectivity index (χ0n) is 13.4. The molecule has 0 aliphatic heterocycles. The molecule has 7 heteroatoms. The second-order valence-corrected chi connectivity index (χ2v) is 7.26. The Kier molecular flexibility index (Phi) is 5.46. The van der Waals surface area contributed by atoms with Crippen molar-refractivity contribution in [3.63, 3.8) is 0 Å². The first kappa shape index (κ1) is 17.8. The van der Waals surface area contributed by atoms with Gasteiger partial charge in [0, 0.05) is 18.4 Å². The van der Waals surface area contributed by atoms with Crippen LogP contribution in [-0.2, 0) is 16.3 Å². The van der Waals surface area contributed by atoms with Gasteiger partial charge in [-0.3, -0.25) is 4.79 Å². The maximum Gasteiger partial charge on any atom is 0.251 e. The molecule has 0 aromatic heterocycles. The summed E-state index contributed by atoms with van der Waals surface area (Å²) < 4.78 is 28.6. The minimum absolute atomic E-state index is 0.0293. The number of aromatic hydroxyl groups is 1. The SMILES string of the molecule is COc1ccc(C(=O)NCCc2ccccc2O)cc1S(C)(=O)=O. The highest BCUT2D eigenvalue weighted by Crippen LogP contribution is 2.24. The molecule has 2 N–H and O–H groups in total. The molecule has 0 unspecified atom stereocenters. The first-order valence-corrected chi connectivity index (χ1v) is 9.15. The van der Waals surface area contributed by atoms with Gasteiger partial charge in [0.05, 0.1) is 7.11 Å². The van der Waals surface area contributed by atoms with Crippen LogP contribution in [0.1, 0.15) is 15.9 Å². The van der Waals surface area contributed by atoms with Gasteiger partial charge in [0.15, 0.2) is 9.84 Å². The number of phenolic OH excluding ortho intramolecular Hbond substituents is 1. The predicted octanol–water partition coefficient (Wildman–Crippen LogP) is 1.78. The molecule has 2 aromatic carbocycles. The second kappa shape index (κ2) is 7.35. The van der Waals surface area contributed by atoms with Gasteiger partial charge in [-0.1, -0.05) is 18.2 Å². The molecule has 0 atom stereocenters. The number of hydrogen-bond acceptors (Lipinski definition) is 5. The lowest BCUT2D eigenvalue weighted by molar-refractivity contribution is 0.0953. The van der Waals surface area contributed by atoms with Gasteiger partial charge in [0.25, 0.3) is 5.91 Å². The molecule has 0 heterocycles. The van der Waals surface area contributed by atoms with E-state index in [9.17, 15) is 18.3 Å². The third-order valence-electron chi connectivity index (χ3n) is 3.50. The number of ether oxygens (including phenoxy) is 1. The van der Waals surface area contributed by atoms with E-state index in [-0.39, 0.29) is 22.0 Å². The zero-order valence-corrected chi connectivity index (χ0v) is 14.3. The quantitative estimate of drug-likeness (QED) is 0.829. The van der Waals surface area contributed by atoms with Crippen molar-refractivity contribution in [2.45, 2.75) is 11.3 Å². The van der Waals surface area contributed by atoms with Gasteiger partial charge >= 0.3 is 0 Å². The van der Waals surface area contributed by atoms with E-state index in [0.717, 1.165) is 11.8 Å². The van der Waals surface area contributed by atoms with Crippen LogP contribution < -0.4 is 10.1 Å². The molecule has 0 aliphatic carbocycles. The number of rotatable bonds is 6. The third kappa shape index (κ3) is 4.26. The summed E-state index contributed by atoms with van der Waals surface area (Å²) >= 11 is 0. The molecule has 128 valence electrons. The second-order valence-electron chi connectivity index (χ2n) is 5.27. The molecule has 6 nitrogen and oxygen atoms in total. The van der Waals surface area contributed by atoms with Gasteiger partial charge in [-0.15, -0.1) is 0 Å². The van der Waals surface area contributed by atoms with Crippen molar-refractivity contribution in [3.8, 4) is 11.5 Å². The highest BCUT2D eigenvalue weighted by atomic mass is 32.2. The monoisotopic (exact) mass is 349 g/mol. The Balaban J connectivity index is 2.09. The number of carbonyl (C=O) groups excluding carboxylic acids is 1. The first-order valence-electron chi connectivity index (χ1n) is 7.26. The minimum atomic E-state index is -3.51. The number of methoxy groups -OCH3 is 1. The van der Waals surface area contributed by atoms with E-state index in [4.69, 9.17) is 4.74 Å². The van der Waals surface area contributed by atoms with E-state index in [0.29, 0.717) is 13.0 Å². The lowest BCUT2D eigenvalue weighted by atomic mass is 10.1. The maximum absolute atomic E-state index is 12.2. The Labute approximate surface area is 141 Å². The molecule has 2 aromatic rings. The fourth-order valence-electron chi connectivity index (χ4n) is 2.24. The molecular formula is C17H19NO5S. The summed E-state index contributed by atoms with van der Waals surface area (Å²) in [5.41, 5.74) is 0.956. The van der Waals surface area contributed by atoms with E-state index in [1.807, 2.05) is 0 Å². The maximum atomic E-state index is 12.2. The number of carbonyl (C=O) groups is 1. The standard InChI is InChI=1S/C17H19NO5S/c1-23-15-8-7-13(11-16(15)24(2,21)22)17(20)18-10-9-12-5-3-4-6-14(12)19/h3-8,11,19H,9-10H2,1-2H3,(H,18,20). The Morgan fingerprint density at radius 3 is 2.54 bits per heavy atom. The zero-order chi connectivity index (χ0) is 17.7. The number of hydrogen-bond donors (Lipinski definition) is 2. The minimum Gasteiger partial charge on any atom is -0.508 e.